The maximum absolute atomic E-state index is 13.6. The molecule has 0 saturated carbocycles. The third-order valence-electron chi connectivity index (χ3n) is 5.77. The van der Waals surface area contributed by atoms with Crippen molar-refractivity contribution in [1.82, 2.24) is 4.90 Å². The smallest absolute Gasteiger partial charge is 0.264 e. The number of ether oxygens (including phenoxy) is 1. The molecule has 1 amide bonds. The van der Waals surface area contributed by atoms with Gasteiger partial charge in [0.2, 0.25) is 5.91 Å². The van der Waals surface area contributed by atoms with Gasteiger partial charge in [-0.2, -0.15) is 0 Å². The van der Waals surface area contributed by atoms with Crippen molar-refractivity contribution < 1.29 is 17.9 Å². The average Bonchev–Trinajstić information content (AvgIpc) is 2.87. The summed E-state index contributed by atoms with van der Waals surface area (Å²) in [6.45, 7) is 1.90. The monoisotopic (exact) mass is 499 g/mol. The minimum atomic E-state index is -4.00. The summed E-state index contributed by atoms with van der Waals surface area (Å²) in [4.78, 5) is 17.3. The van der Waals surface area contributed by atoms with Crippen LogP contribution in [0.4, 0.5) is 11.4 Å². The van der Waals surface area contributed by atoms with Gasteiger partial charge in [-0.15, -0.1) is 0 Å². The van der Waals surface area contributed by atoms with Crippen LogP contribution in [0.25, 0.3) is 0 Å². The number of para-hydroxylation sites is 2. The van der Waals surface area contributed by atoms with Gasteiger partial charge in [0, 0.05) is 36.9 Å². The number of piperazine rings is 1. The fraction of sp³-hybridized carbons (Fsp3) is 0.240. The van der Waals surface area contributed by atoms with Crippen molar-refractivity contribution in [3.63, 3.8) is 0 Å². The average molecular weight is 500 g/mol. The summed E-state index contributed by atoms with van der Waals surface area (Å²) >= 11 is 6.11. The number of carbonyl (C=O) groups excluding carboxylic acids is 1. The van der Waals surface area contributed by atoms with Gasteiger partial charge in [0.1, 0.15) is 12.3 Å². The van der Waals surface area contributed by atoms with E-state index in [4.69, 9.17) is 16.3 Å². The SMILES string of the molecule is COc1ccccc1N(CC(=O)N1CCN(c2cccc(Cl)c2)CC1)S(=O)(=O)c1ccccc1. The zero-order valence-corrected chi connectivity index (χ0v) is 20.4. The summed E-state index contributed by atoms with van der Waals surface area (Å²) < 4.78 is 33.7. The molecule has 1 aliphatic heterocycles. The molecule has 0 aliphatic carbocycles. The van der Waals surface area contributed by atoms with Gasteiger partial charge in [-0.05, 0) is 42.5 Å². The molecule has 0 unspecified atom stereocenters. The zero-order chi connectivity index (χ0) is 24.1. The highest BCUT2D eigenvalue weighted by Gasteiger charge is 2.31. The molecule has 3 aromatic carbocycles. The van der Waals surface area contributed by atoms with E-state index in [9.17, 15) is 13.2 Å². The third-order valence-corrected chi connectivity index (χ3v) is 7.78. The van der Waals surface area contributed by atoms with Crippen LogP contribution >= 0.6 is 11.6 Å². The summed E-state index contributed by atoms with van der Waals surface area (Å²) in [5.41, 5.74) is 1.32. The van der Waals surface area contributed by atoms with Crippen molar-refractivity contribution in [1.29, 1.82) is 0 Å². The van der Waals surface area contributed by atoms with Crippen molar-refractivity contribution in [3.8, 4) is 5.75 Å². The van der Waals surface area contributed by atoms with E-state index >= 15 is 0 Å². The highest BCUT2D eigenvalue weighted by Crippen LogP contribution is 2.32. The van der Waals surface area contributed by atoms with E-state index in [0.29, 0.717) is 42.6 Å². The van der Waals surface area contributed by atoms with E-state index in [1.165, 1.54) is 19.2 Å². The van der Waals surface area contributed by atoms with Gasteiger partial charge >= 0.3 is 0 Å². The number of carbonyl (C=O) groups is 1. The van der Waals surface area contributed by atoms with Crippen LogP contribution in [0, 0.1) is 0 Å². The first-order chi connectivity index (χ1) is 16.4. The highest BCUT2D eigenvalue weighted by atomic mass is 35.5. The minimum absolute atomic E-state index is 0.111. The van der Waals surface area contributed by atoms with E-state index in [0.717, 1.165) is 9.99 Å². The number of methoxy groups -OCH3 is 1. The van der Waals surface area contributed by atoms with Gasteiger partial charge in [-0.1, -0.05) is 48.0 Å². The van der Waals surface area contributed by atoms with Gasteiger partial charge in [0.05, 0.1) is 17.7 Å². The molecule has 1 saturated heterocycles. The van der Waals surface area contributed by atoms with Crippen molar-refractivity contribution in [2.24, 2.45) is 0 Å². The molecule has 0 spiro atoms. The van der Waals surface area contributed by atoms with Crippen molar-refractivity contribution >= 4 is 38.9 Å². The lowest BCUT2D eigenvalue weighted by atomic mass is 10.2. The molecule has 0 bridgehead atoms. The Balaban J connectivity index is 1.56. The van der Waals surface area contributed by atoms with Gasteiger partial charge < -0.3 is 14.5 Å². The molecule has 0 N–H and O–H groups in total. The standard InChI is InChI=1S/C25H26ClN3O4S/c1-33-24-13-6-5-12-23(24)29(34(31,32)22-10-3-2-4-11-22)19-25(30)28-16-14-27(15-17-28)21-9-7-8-20(26)18-21/h2-13,18H,14-17,19H2,1H3. The van der Waals surface area contributed by atoms with Crippen LogP contribution in [0.5, 0.6) is 5.75 Å². The Hall–Kier alpha value is -3.23. The Bertz CT molecular complexity index is 1250. The number of sulfonamides is 1. The number of nitrogens with zero attached hydrogens (tertiary/aromatic N) is 3. The molecule has 9 heteroatoms. The van der Waals surface area contributed by atoms with Crippen LogP contribution in [-0.4, -0.2) is 59.1 Å². The number of hydrogen-bond acceptors (Lipinski definition) is 5. The lowest BCUT2D eigenvalue weighted by molar-refractivity contribution is -0.129. The molecule has 34 heavy (non-hydrogen) atoms. The molecule has 1 aliphatic rings. The van der Waals surface area contributed by atoms with E-state index in [1.54, 1.807) is 47.4 Å². The molecule has 1 heterocycles. The molecule has 3 aromatic rings. The second kappa shape index (κ2) is 10.4. The molecular formula is C25H26ClN3O4S. The Labute approximate surface area is 205 Å². The Morgan fingerprint density at radius 1 is 0.941 bits per heavy atom. The van der Waals surface area contributed by atoms with Crippen LogP contribution in [0.2, 0.25) is 5.02 Å². The van der Waals surface area contributed by atoms with Crippen molar-refractivity contribution in [2.75, 3.05) is 49.0 Å². The normalized spacial score (nSPS) is 14.1. The molecule has 1 fully saturated rings. The van der Waals surface area contributed by atoms with E-state index in [2.05, 4.69) is 4.90 Å². The van der Waals surface area contributed by atoms with Crippen molar-refractivity contribution in [3.05, 3.63) is 83.9 Å². The molecule has 0 atom stereocenters. The van der Waals surface area contributed by atoms with Crippen LogP contribution in [-0.2, 0) is 14.8 Å². The maximum atomic E-state index is 13.6. The first-order valence-corrected chi connectivity index (χ1v) is 12.7. The summed E-state index contributed by atoms with van der Waals surface area (Å²) in [7, 11) is -2.52. The van der Waals surface area contributed by atoms with Crippen LogP contribution in [0.3, 0.4) is 0 Å². The minimum Gasteiger partial charge on any atom is -0.495 e. The van der Waals surface area contributed by atoms with Gasteiger partial charge in [-0.25, -0.2) is 8.42 Å². The predicted octanol–water partition coefficient (Wildman–Crippen LogP) is 3.89. The molecule has 178 valence electrons. The van der Waals surface area contributed by atoms with E-state index in [-0.39, 0.29) is 17.3 Å². The number of amides is 1. The second-order valence-corrected chi connectivity index (χ2v) is 10.1. The van der Waals surface area contributed by atoms with Gasteiger partial charge in [0.25, 0.3) is 10.0 Å². The molecule has 7 nitrogen and oxygen atoms in total. The fourth-order valence-electron chi connectivity index (χ4n) is 3.96. The highest BCUT2D eigenvalue weighted by molar-refractivity contribution is 7.92. The van der Waals surface area contributed by atoms with Crippen molar-refractivity contribution in [2.45, 2.75) is 4.90 Å². The predicted molar refractivity (Wildman–Crippen MR) is 134 cm³/mol. The quantitative estimate of drug-likeness (QED) is 0.493. The van der Waals surface area contributed by atoms with E-state index < -0.39 is 10.0 Å². The maximum Gasteiger partial charge on any atom is 0.264 e. The lowest BCUT2D eigenvalue weighted by Crippen LogP contribution is -2.52. The van der Waals surface area contributed by atoms with Gasteiger partial charge in [0.15, 0.2) is 0 Å². The van der Waals surface area contributed by atoms with Crippen LogP contribution in [0.1, 0.15) is 0 Å². The number of anilines is 2. The lowest BCUT2D eigenvalue weighted by Gasteiger charge is -2.37. The number of halogens is 1. The van der Waals surface area contributed by atoms with Crippen LogP contribution in [0.15, 0.2) is 83.8 Å². The Morgan fingerprint density at radius 2 is 1.62 bits per heavy atom. The summed E-state index contributed by atoms with van der Waals surface area (Å²) in [6.07, 6.45) is 0. The fourth-order valence-corrected chi connectivity index (χ4v) is 5.60. The number of benzene rings is 3. The summed E-state index contributed by atoms with van der Waals surface area (Å²) in [6, 6.07) is 22.5. The molecule has 0 aromatic heterocycles. The molecular weight excluding hydrogens is 474 g/mol. The summed E-state index contributed by atoms with van der Waals surface area (Å²) in [5.74, 6) is 0.108. The van der Waals surface area contributed by atoms with Gasteiger partial charge in [-0.3, -0.25) is 9.10 Å². The Morgan fingerprint density at radius 3 is 2.29 bits per heavy atom. The number of hydrogen-bond donors (Lipinski definition) is 0. The topological polar surface area (TPSA) is 70.2 Å². The second-order valence-electron chi connectivity index (χ2n) is 7.84. The third kappa shape index (κ3) is 5.13. The summed E-state index contributed by atoms with van der Waals surface area (Å²) in [5, 5.41) is 0.662. The van der Waals surface area contributed by atoms with E-state index in [1.807, 2.05) is 24.3 Å². The zero-order valence-electron chi connectivity index (χ0n) is 18.8. The molecule has 4 rings (SSSR count). The Kier molecular flexibility index (Phi) is 7.29. The number of rotatable bonds is 7. The largest absolute Gasteiger partial charge is 0.495 e. The first kappa shape index (κ1) is 23.9. The first-order valence-electron chi connectivity index (χ1n) is 10.9. The molecule has 0 radical (unpaired) electrons. The van der Waals surface area contributed by atoms with Crippen LogP contribution < -0.4 is 13.9 Å².